The molecule has 1 aliphatic rings. The van der Waals surface area contributed by atoms with Crippen LogP contribution in [-0.4, -0.2) is 41.8 Å². The number of halogens is 1. The molecule has 1 saturated heterocycles. The number of carbonyl (C=O) groups excluding carboxylic acids is 1. The van der Waals surface area contributed by atoms with E-state index in [1.807, 2.05) is 6.92 Å². The molecular weight excluding hydrogens is 324 g/mol. The summed E-state index contributed by atoms with van der Waals surface area (Å²) < 4.78 is 5.88. The lowest BCUT2D eigenvalue weighted by molar-refractivity contribution is 0.104. The number of rotatable bonds is 3. The van der Waals surface area contributed by atoms with Crippen LogP contribution in [0.1, 0.15) is 19.8 Å². The van der Waals surface area contributed by atoms with E-state index in [2.05, 4.69) is 21.2 Å². The summed E-state index contributed by atoms with van der Waals surface area (Å²) in [6, 6.07) is 5.18. The molecular formula is C14H19BrN2O3. The van der Waals surface area contributed by atoms with E-state index in [-0.39, 0.29) is 12.6 Å². The predicted molar refractivity (Wildman–Crippen MR) is 81.1 cm³/mol. The topological polar surface area (TPSA) is 61.8 Å². The Kier molecular flexibility index (Phi) is 4.55. The molecule has 1 aromatic rings. The van der Waals surface area contributed by atoms with Crippen molar-refractivity contribution in [3.63, 3.8) is 0 Å². The van der Waals surface area contributed by atoms with Gasteiger partial charge in [0.1, 0.15) is 5.75 Å². The molecule has 1 aromatic carbocycles. The van der Waals surface area contributed by atoms with Crippen LogP contribution in [0.3, 0.4) is 0 Å². The molecule has 110 valence electrons. The van der Waals surface area contributed by atoms with E-state index in [1.54, 1.807) is 30.2 Å². The lowest BCUT2D eigenvalue weighted by Gasteiger charge is -2.33. The first-order valence-corrected chi connectivity index (χ1v) is 7.32. The Morgan fingerprint density at radius 1 is 1.60 bits per heavy atom. The van der Waals surface area contributed by atoms with E-state index in [1.165, 1.54) is 0 Å². The third-order valence-corrected chi connectivity index (χ3v) is 4.41. The number of aliphatic hydroxyl groups is 1. The highest BCUT2D eigenvalue weighted by molar-refractivity contribution is 9.10. The van der Waals surface area contributed by atoms with E-state index >= 15 is 0 Å². The first-order chi connectivity index (χ1) is 9.50. The van der Waals surface area contributed by atoms with Crippen molar-refractivity contribution < 1.29 is 14.6 Å². The number of amides is 2. The van der Waals surface area contributed by atoms with Gasteiger partial charge in [-0.2, -0.15) is 0 Å². The number of nitrogens with one attached hydrogen (secondary N) is 1. The summed E-state index contributed by atoms with van der Waals surface area (Å²) >= 11 is 3.41. The van der Waals surface area contributed by atoms with Gasteiger partial charge in [-0.25, -0.2) is 4.79 Å². The second-order valence-corrected chi connectivity index (χ2v) is 6.04. The molecule has 1 fully saturated rings. The van der Waals surface area contributed by atoms with Gasteiger partial charge in [0.2, 0.25) is 0 Å². The fourth-order valence-corrected chi connectivity index (χ4v) is 2.90. The van der Waals surface area contributed by atoms with Crippen LogP contribution < -0.4 is 10.1 Å². The minimum Gasteiger partial charge on any atom is -0.497 e. The molecule has 0 saturated carbocycles. The van der Waals surface area contributed by atoms with E-state index in [0.717, 1.165) is 23.1 Å². The lowest BCUT2D eigenvalue weighted by Crippen LogP contribution is -2.49. The highest BCUT2D eigenvalue weighted by atomic mass is 79.9. The Bertz CT molecular complexity index is 509. The van der Waals surface area contributed by atoms with Gasteiger partial charge in [-0.3, -0.25) is 0 Å². The van der Waals surface area contributed by atoms with Gasteiger partial charge < -0.3 is 20.1 Å². The maximum absolute atomic E-state index is 12.3. The van der Waals surface area contributed by atoms with Crippen LogP contribution >= 0.6 is 15.9 Å². The average molecular weight is 343 g/mol. The van der Waals surface area contributed by atoms with Crippen LogP contribution in [0.5, 0.6) is 5.75 Å². The van der Waals surface area contributed by atoms with Gasteiger partial charge in [0, 0.05) is 11.0 Å². The molecule has 0 spiro atoms. The first kappa shape index (κ1) is 15.1. The molecule has 1 atom stereocenters. The molecule has 0 aliphatic carbocycles. The molecule has 2 rings (SSSR count). The van der Waals surface area contributed by atoms with Gasteiger partial charge in [0.25, 0.3) is 0 Å². The monoisotopic (exact) mass is 342 g/mol. The number of likely N-dealkylation sites (tertiary alicyclic amines) is 1. The van der Waals surface area contributed by atoms with Gasteiger partial charge >= 0.3 is 6.03 Å². The summed E-state index contributed by atoms with van der Waals surface area (Å²) in [5.74, 6) is 0.719. The quantitative estimate of drug-likeness (QED) is 0.887. The zero-order chi connectivity index (χ0) is 14.8. The van der Waals surface area contributed by atoms with Crippen molar-refractivity contribution in [1.29, 1.82) is 0 Å². The third kappa shape index (κ3) is 2.91. The molecule has 0 radical (unpaired) electrons. The third-order valence-electron chi connectivity index (χ3n) is 3.75. The van der Waals surface area contributed by atoms with Gasteiger partial charge in [-0.15, -0.1) is 0 Å². The minimum atomic E-state index is -0.469. The Balaban J connectivity index is 2.12. The summed E-state index contributed by atoms with van der Waals surface area (Å²) in [7, 11) is 1.59. The number of ether oxygens (including phenoxy) is 1. The van der Waals surface area contributed by atoms with Crippen molar-refractivity contribution in [2.75, 3.05) is 25.6 Å². The predicted octanol–water partition coefficient (Wildman–Crippen LogP) is 2.84. The van der Waals surface area contributed by atoms with E-state index in [9.17, 15) is 9.90 Å². The molecule has 2 N–H and O–H groups in total. The van der Waals surface area contributed by atoms with Crippen molar-refractivity contribution in [2.24, 2.45) is 0 Å². The Morgan fingerprint density at radius 2 is 2.35 bits per heavy atom. The molecule has 2 amide bonds. The van der Waals surface area contributed by atoms with Crippen molar-refractivity contribution in [1.82, 2.24) is 4.90 Å². The van der Waals surface area contributed by atoms with Crippen LogP contribution in [0.25, 0.3) is 0 Å². The van der Waals surface area contributed by atoms with Crippen molar-refractivity contribution in [2.45, 2.75) is 25.3 Å². The Labute approximate surface area is 127 Å². The van der Waals surface area contributed by atoms with Crippen LogP contribution in [0, 0.1) is 0 Å². The number of anilines is 1. The zero-order valence-electron chi connectivity index (χ0n) is 11.6. The highest BCUT2D eigenvalue weighted by Crippen LogP contribution is 2.31. The summed E-state index contributed by atoms with van der Waals surface area (Å²) in [5, 5.41) is 12.4. The number of hydrogen-bond donors (Lipinski definition) is 2. The lowest BCUT2D eigenvalue weighted by atomic mass is 10.0. The number of aliphatic hydroxyl groups excluding tert-OH is 1. The van der Waals surface area contributed by atoms with E-state index in [4.69, 9.17) is 4.74 Å². The van der Waals surface area contributed by atoms with Crippen molar-refractivity contribution in [3.8, 4) is 5.75 Å². The highest BCUT2D eigenvalue weighted by Gasteiger charge is 2.39. The van der Waals surface area contributed by atoms with Crippen LogP contribution in [-0.2, 0) is 0 Å². The van der Waals surface area contributed by atoms with Gasteiger partial charge in [-0.1, -0.05) is 0 Å². The summed E-state index contributed by atoms with van der Waals surface area (Å²) in [4.78, 5) is 14.0. The van der Waals surface area contributed by atoms with E-state index < -0.39 is 5.54 Å². The maximum atomic E-state index is 12.3. The molecule has 1 heterocycles. The van der Waals surface area contributed by atoms with Gasteiger partial charge in [0.15, 0.2) is 0 Å². The fraction of sp³-hybridized carbons (Fsp3) is 0.500. The number of nitrogens with zero attached hydrogens (tertiary/aromatic N) is 1. The largest absolute Gasteiger partial charge is 0.497 e. The normalized spacial score (nSPS) is 21.9. The minimum absolute atomic E-state index is 0.0236. The molecule has 0 bridgehead atoms. The van der Waals surface area contributed by atoms with Crippen molar-refractivity contribution in [3.05, 3.63) is 22.7 Å². The molecule has 0 aromatic heterocycles. The standard InChI is InChI=1S/C14H19BrN2O3/c1-14(9-18)6-3-7-17(14)13(19)16-12-5-4-10(20-2)8-11(12)15/h4-5,8,18H,3,6-7,9H2,1-2H3,(H,16,19). The van der Waals surface area contributed by atoms with Gasteiger partial charge in [0.05, 0.1) is 24.9 Å². The second-order valence-electron chi connectivity index (χ2n) is 5.19. The van der Waals surface area contributed by atoms with Crippen LogP contribution in [0.15, 0.2) is 22.7 Å². The number of benzene rings is 1. The van der Waals surface area contributed by atoms with Crippen LogP contribution in [0.2, 0.25) is 0 Å². The zero-order valence-corrected chi connectivity index (χ0v) is 13.2. The van der Waals surface area contributed by atoms with Gasteiger partial charge in [-0.05, 0) is 53.9 Å². The fourth-order valence-electron chi connectivity index (χ4n) is 2.44. The molecule has 1 unspecified atom stereocenters. The summed E-state index contributed by atoms with van der Waals surface area (Å²) in [6.45, 7) is 2.55. The summed E-state index contributed by atoms with van der Waals surface area (Å²) in [5.41, 5.74) is 0.214. The number of hydrogen-bond acceptors (Lipinski definition) is 3. The SMILES string of the molecule is COc1ccc(NC(=O)N2CCCC2(C)CO)c(Br)c1. The summed E-state index contributed by atoms with van der Waals surface area (Å²) in [6.07, 6.45) is 1.73. The second kappa shape index (κ2) is 6.01. The molecule has 5 nitrogen and oxygen atoms in total. The first-order valence-electron chi connectivity index (χ1n) is 6.53. The smallest absolute Gasteiger partial charge is 0.322 e. The average Bonchev–Trinajstić information content (AvgIpc) is 2.83. The maximum Gasteiger partial charge on any atom is 0.322 e. The van der Waals surface area contributed by atoms with Crippen LogP contribution in [0.4, 0.5) is 10.5 Å². The number of carbonyl (C=O) groups is 1. The number of urea groups is 1. The molecule has 1 aliphatic heterocycles. The Morgan fingerprint density at radius 3 is 2.95 bits per heavy atom. The van der Waals surface area contributed by atoms with Crippen molar-refractivity contribution >= 4 is 27.6 Å². The Hall–Kier alpha value is -1.27. The molecule has 20 heavy (non-hydrogen) atoms. The van der Waals surface area contributed by atoms with E-state index in [0.29, 0.717) is 12.2 Å². The number of methoxy groups -OCH3 is 1. The molecule has 6 heteroatoms.